The number of nitrogens with zero attached hydrogens (tertiary/aromatic N) is 5. The molecule has 2 heterocycles. The predicted molar refractivity (Wildman–Crippen MR) is 158 cm³/mol. The molecule has 1 amide bonds. The maximum atomic E-state index is 13.5. The van der Waals surface area contributed by atoms with E-state index in [-0.39, 0.29) is 39.8 Å². The van der Waals surface area contributed by atoms with Crippen LogP contribution in [0.15, 0.2) is 95.1 Å². The van der Waals surface area contributed by atoms with Crippen molar-refractivity contribution >= 4 is 21.9 Å². The molecule has 1 aliphatic heterocycles. The Kier molecular flexibility index (Phi) is 9.19. The summed E-state index contributed by atoms with van der Waals surface area (Å²) >= 11 is 0. The minimum Gasteiger partial charge on any atom is -0.569 e. The molecule has 0 spiro atoms. The van der Waals surface area contributed by atoms with Crippen LogP contribution in [0.25, 0.3) is 16.9 Å². The van der Waals surface area contributed by atoms with Gasteiger partial charge in [0.05, 0.1) is 33.4 Å². The van der Waals surface area contributed by atoms with Gasteiger partial charge < -0.3 is 9.94 Å². The van der Waals surface area contributed by atoms with E-state index in [4.69, 9.17) is 9.57 Å². The van der Waals surface area contributed by atoms with Crippen LogP contribution in [0.1, 0.15) is 35.0 Å². The number of amides is 1. The third kappa shape index (κ3) is 7.51. The summed E-state index contributed by atoms with van der Waals surface area (Å²) in [4.78, 5) is 29.4. The average molecular weight is 673 g/mol. The van der Waals surface area contributed by atoms with Crippen molar-refractivity contribution < 1.29 is 45.7 Å². The molecule has 0 saturated carbocycles. The van der Waals surface area contributed by atoms with Crippen molar-refractivity contribution in [2.24, 2.45) is 5.28 Å². The molecule has 1 aromatic heterocycles. The Morgan fingerprint density at radius 1 is 1.06 bits per heavy atom. The van der Waals surface area contributed by atoms with E-state index >= 15 is 0 Å². The van der Waals surface area contributed by atoms with E-state index in [0.717, 1.165) is 33.5 Å². The molecule has 1 N–H and O–H groups in total. The molecule has 0 radical (unpaired) electrons. The third-order valence-corrected chi connectivity index (χ3v) is 8.40. The second-order valence-electron chi connectivity index (χ2n) is 10.4. The summed E-state index contributed by atoms with van der Waals surface area (Å²) in [6.07, 6.45) is -5.86. The Balaban J connectivity index is 1.24. The highest BCUT2D eigenvalue weighted by atomic mass is 32.2. The maximum Gasteiger partial charge on any atom is 0.435 e. The summed E-state index contributed by atoms with van der Waals surface area (Å²) in [5.74, 6) is -1.74. The Hall–Kier alpha value is -5.45. The van der Waals surface area contributed by atoms with E-state index in [9.17, 15) is 36.4 Å². The van der Waals surface area contributed by atoms with Gasteiger partial charge >= 0.3 is 12.1 Å². The fourth-order valence-corrected chi connectivity index (χ4v) is 5.50. The lowest BCUT2D eigenvalue weighted by Crippen LogP contribution is -2.59. The number of nitrogens with one attached hydrogen (secondary N) is 1. The number of carbonyl (C=O) groups is 2. The lowest BCUT2D eigenvalue weighted by atomic mass is 10.1. The molecule has 246 valence electrons. The fraction of sp³-hybridized carbons (Fsp3) is 0.233. The molecule has 1 fully saturated rings. The number of halogens is 3. The number of hydrazine groups is 1. The number of aryl methyl sites for hydroxylation is 1. The van der Waals surface area contributed by atoms with Gasteiger partial charge in [-0.3, -0.25) is 9.63 Å². The summed E-state index contributed by atoms with van der Waals surface area (Å²) in [5.41, 5.74) is 0.750. The van der Waals surface area contributed by atoms with E-state index in [1.807, 2.05) is 11.6 Å². The number of rotatable bonds is 10. The summed E-state index contributed by atoms with van der Waals surface area (Å²) in [7, 11) is -4.46. The Morgan fingerprint density at radius 2 is 1.72 bits per heavy atom. The molecule has 0 aliphatic carbocycles. The number of aromatic nitrogens is 2. The van der Waals surface area contributed by atoms with Crippen molar-refractivity contribution in [3.63, 3.8) is 0 Å². The summed E-state index contributed by atoms with van der Waals surface area (Å²) in [6, 6.07) is 19.2. The second-order valence-corrected chi connectivity index (χ2v) is 12.1. The van der Waals surface area contributed by atoms with Gasteiger partial charge in [-0.15, -0.1) is 5.01 Å². The molecule has 4 aromatic rings. The van der Waals surface area contributed by atoms with Crippen molar-refractivity contribution in [2.75, 3.05) is 6.54 Å². The standard InChI is InChI=1S/C30H27F3N6O7S/c1-19-8-10-21(11-9-19)26-18-27(30(31,32)33)34-38(26)23-12-14-24(15-13-23)47(43,44)35-28(40)25-16-17-37(25)39(42)36-46-20(2)45-29(41)22-6-4-3-5-7-22/h3-15,18,20,25H,16-17H2,1-2H3,(H,35,40)/t20?,25-/m0/s1. The number of alkyl halides is 3. The largest absolute Gasteiger partial charge is 0.569 e. The van der Waals surface area contributed by atoms with E-state index in [0.29, 0.717) is 5.56 Å². The number of benzene rings is 3. The molecular weight excluding hydrogens is 645 g/mol. The molecule has 47 heavy (non-hydrogen) atoms. The van der Waals surface area contributed by atoms with Crippen LogP contribution in [0.3, 0.4) is 0 Å². The zero-order valence-electron chi connectivity index (χ0n) is 24.8. The SMILES string of the molecule is Cc1ccc(-c2cc(C(F)(F)F)nn2-c2ccc(S(=O)(=O)NC(=O)[C@@H]3CCN3[N+]([O-])=NOC(C)OC(=O)c3ccccc3)cc2)cc1. The summed E-state index contributed by atoms with van der Waals surface area (Å²) in [5, 5.41) is 20.3. The lowest BCUT2D eigenvalue weighted by Gasteiger charge is -2.34. The number of hydrogen-bond donors (Lipinski definition) is 1. The topological polar surface area (TPSA) is 158 Å². The van der Waals surface area contributed by atoms with Crippen molar-refractivity contribution in [2.45, 2.75) is 43.7 Å². The number of hydrogen-bond acceptors (Lipinski definition) is 9. The molecule has 0 bridgehead atoms. The zero-order chi connectivity index (χ0) is 33.9. The normalized spacial score (nSPS) is 15.8. The van der Waals surface area contributed by atoms with Crippen LogP contribution < -0.4 is 4.72 Å². The molecule has 1 unspecified atom stereocenters. The number of esters is 1. The molecule has 2 atom stereocenters. The molecule has 17 heteroatoms. The van der Waals surface area contributed by atoms with Gasteiger partial charge in [-0.1, -0.05) is 48.0 Å². The van der Waals surface area contributed by atoms with E-state index in [2.05, 4.69) is 10.4 Å². The third-order valence-electron chi connectivity index (χ3n) is 7.04. The van der Waals surface area contributed by atoms with Crippen LogP contribution in [0.5, 0.6) is 0 Å². The van der Waals surface area contributed by atoms with Gasteiger partial charge in [0, 0.05) is 18.9 Å². The van der Waals surface area contributed by atoms with Gasteiger partial charge in [-0.05, 0) is 49.4 Å². The predicted octanol–water partition coefficient (Wildman–Crippen LogP) is 4.76. The van der Waals surface area contributed by atoms with Crippen LogP contribution in [-0.2, 0) is 30.6 Å². The monoisotopic (exact) mass is 672 g/mol. The van der Waals surface area contributed by atoms with Crippen molar-refractivity contribution in [3.8, 4) is 16.9 Å². The van der Waals surface area contributed by atoms with Crippen LogP contribution in [-0.4, -0.2) is 58.9 Å². The highest BCUT2D eigenvalue weighted by Gasteiger charge is 2.42. The number of ether oxygens (including phenoxy) is 1. The first-order chi connectivity index (χ1) is 22.2. The van der Waals surface area contributed by atoms with Crippen molar-refractivity contribution in [1.29, 1.82) is 0 Å². The number of sulfonamides is 1. The van der Waals surface area contributed by atoms with Gasteiger partial charge in [0.1, 0.15) is 0 Å². The minimum absolute atomic E-state index is 0.0487. The first-order valence-corrected chi connectivity index (χ1v) is 15.5. The highest BCUT2D eigenvalue weighted by molar-refractivity contribution is 7.90. The fourth-order valence-electron chi connectivity index (χ4n) is 4.49. The van der Waals surface area contributed by atoms with E-state index in [1.54, 1.807) is 42.5 Å². The van der Waals surface area contributed by atoms with Gasteiger partial charge in [0.2, 0.25) is 5.28 Å². The van der Waals surface area contributed by atoms with Crippen LogP contribution in [0, 0.1) is 12.1 Å². The highest BCUT2D eigenvalue weighted by Crippen LogP contribution is 2.33. The van der Waals surface area contributed by atoms with Crippen molar-refractivity contribution in [1.82, 2.24) is 19.5 Å². The number of carbonyl (C=O) groups excluding carboxylic acids is 2. The Labute approximate surface area is 266 Å². The Morgan fingerprint density at radius 3 is 2.32 bits per heavy atom. The van der Waals surface area contributed by atoms with Crippen LogP contribution in [0.2, 0.25) is 0 Å². The zero-order valence-corrected chi connectivity index (χ0v) is 25.6. The molecule has 5 rings (SSSR count). The van der Waals surface area contributed by atoms with Crippen LogP contribution in [0.4, 0.5) is 13.2 Å². The molecular formula is C30H27F3N6O7S. The summed E-state index contributed by atoms with van der Waals surface area (Å²) < 4.78 is 74.5. The van der Waals surface area contributed by atoms with Gasteiger partial charge in [0.25, 0.3) is 22.2 Å². The molecule has 3 aromatic carbocycles. The van der Waals surface area contributed by atoms with Gasteiger partial charge in [0.15, 0.2) is 11.7 Å². The molecule has 1 aliphatic rings. The van der Waals surface area contributed by atoms with Crippen LogP contribution >= 0.6 is 0 Å². The maximum absolute atomic E-state index is 13.5. The molecule has 13 nitrogen and oxygen atoms in total. The quantitative estimate of drug-likeness (QED) is 0.0825. The first kappa shape index (κ1) is 32.9. The van der Waals surface area contributed by atoms with E-state index in [1.165, 1.54) is 31.2 Å². The first-order valence-electron chi connectivity index (χ1n) is 14.0. The van der Waals surface area contributed by atoms with Gasteiger partial charge in [-0.25, -0.2) is 22.6 Å². The van der Waals surface area contributed by atoms with Crippen molar-refractivity contribution in [3.05, 3.63) is 107 Å². The lowest BCUT2D eigenvalue weighted by molar-refractivity contribution is -0.730. The molecule has 1 saturated heterocycles. The van der Waals surface area contributed by atoms with E-state index < -0.39 is 46.1 Å². The minimum atomic E-state index is -4.72. The Bertz CT molecular complexity index is 1900. The summed E-state index contributed by atoms with van der Waals surface area (Å²) in [6.45, 7) is 3.20. The average Bonchev–Trinajstić information content (AvgIpc) is 3.46. The smallest absolute Gasteiger partial charge is 0.435 e. The van der Waals surface area contributed by atoms with Gasteiger partial charge in [-0.2, -0.15) is 18.3 Å². The second kappa shape index (κ2) is 13.1.